The van der Waals surface area contributed by atoms with Crippen molar-refractivity contribution in [3.8, 4) is 0 Å². The van der Waals surface area contributed by atoms with Crippen LogP contribution in [0.15, 0.2) is 42.6 Å². The van der Waals surface area contributed by atoms with Gasteiger partial charge in [0.05, 0.1) is 0 Å². The van der Waals surface area contributed by atoms with Crippen LogP contribution < -0.4 is 0 Å². The lowest BCUT2D eigenvalue weighted by Crippen LogP contribution is -2.06. The van der Waals surface area contributed by atoms with E-state index < -0.39 is 0 Å². The van der Waals surface area contributed by atoms with Crippen LogP contribution in [-0.2, 0) is 6.42 Å². The Hall–Kier alpha value is -1.63. The van der Waals surface area contributed by atoms with E-state index in [1.54, 1.807) is 0 Å². The number of pyridine rings is 1. The Balaban J connectivity index is 2.26. The average molecular weight is 253 g/mol. The smallest absolute Gasteiger partial charge is 0.0438 e. The van der Waals surface area contributed by atoms with E-state index >= 15 is 0 Å². The summed E-state index contributed by atoms with van der Waals surface area (Å²) in [5.41, 5.74) is 5.43. The summed E-state index contributed by atoms with van der Waals surface area (Å²) in [6, 6.07) is 12.9. The van der Waals surface area contributed by atoms with Crippen molar-refractivity contribution in [1.82, 2.24) is 4.98 Å². The van der Waals surface area contributed by atoms with Gasteiger partial charge in [-0.15, -0.1) is 0 Å². The fourth-order valence-electron chi connectivity index (χ4n) is 2.62. The van der Waals surface area contributed by atoms with E-state index in [0.717, 1.165) is 6.42 Å². The molecular formula is C18H23N. The van der Waals surface area contributed by atoms with Gasteiger partial charge >= 0.3 is 0 Å². The van der Waals surface area contributed by atoms with Crippen molar-refractivity contribution in [1.29, 1.82) is 0 Å². The van der Waals surface area contributed by atoms with Crippen LogP contribution in [0.1, 0.15) is 55.0 Å². The molecule has 2 rings (SSSR count). The summed E-state index contributed by atoms with van der Waals surface area (Å²) in [6.45, 7) is 8.97. The van der Waals surface area contributed by atoms with Gasteiger partial charge in [0.1, 0.15) is 0 Å². The zero-order chi connectivity index (χ0) is 13.8. The molecule has 0 bridgehead atoms. The summed E-state index contributed by atoms with van der Waals surface area (Å²) >= 11 is 0. The van der Waals surface area contributed by atoms with Crippen LogP contribution in [0, 0.1) is 6.92 Å². The monoisotopic (exact) mass is 253 g/mol. The average Bonchev–Trinajstić information content (AvgIpc) is 2.41. The molecule has 2 aromatic rings. The Morgan fingerprint density at radius 3 is 2.26 bits per heavy atom. The minimum absolute atomic E-state index is 0.507. The highest BCUT2D eigenvalue weighted by molar-refractivity contribution is 5.33. The van der Waals surface area contributed by atoms with E-state index in [9.17, 15) is 0 Å². The van der Waals surface area contributed by atoms with Gasteiger partial charge in [-0.2, -0.15) is 0 Å². The van der Waals surface area contributed by atoms with Crippen LogP contribution in [0.25, 0.3) is 0 Å². The topological polar surface area (TPSA) is 12.9 Å². The molecule has 0 amide bonds. The summed E-state index contributed by atoms with van der Waals surface area (Å²) in [6.07, 6.45) is 2.90. The first-order valence-electron chi connectivity index (χ1n) is 7.09. The Morgan fingerprint density at radius 2 is 1.63 bits per heavy atom. The van der Waals surface area contributed by atoms with Crippen LogP contribution in [-0.4, -0.2) is 4.98 Å². The van der Waals surface area contributed by atoms with Gasteiger partial charge in [0.2, 0.25) is 0 Å². The molecule has 19 heavy (non-hydrogen) atoms. The molecule has 0 spiro atoms. The maximum absolute atomic E-state index is 4.52. The molecule has 0 aliphatic heterocycles. The second kappa shape index (κ2) is 6.01. The first kappa shape index (κ1) is 13.8. The van der Waals surface area contributed by atoms with E-state index in [-0.39, 0.29) is 0 Å². The lowest BCUT2D eigenvalue weighted by molar-refractivity contribution is 0.711. The van der Waals surface area contributed by atoms with Crippen molar-refractivity contribution in [3.05, 3.63) is 65.0 Å². The number of nitrogens with zero attached hydrogens (tertiary/aromatic N) is 1. The van der Waals surface area contributed by atoms with Gasteiger partial charge in [-0.05, 0) is 47.9 Å². The highest BCUT2D eigenvalue weighted by Crippen LogP contribution is 2.28. The molecule has 1 nitrogen and oxygen atoms in total. The number of hydrogen-bond donors (Lipinski definition) is 0. The maximum atomic E-state index is 4.52. The van der Waals surface area contributed by atoms with E-state index in [4.69, 9.17) is 0 Å². The molecule has 1 aromatic carbocycles. The number of aryl methyl sites for hydroxylation is 1. The molecule has 0 saturated heterocycles. The molecule has 0 aliphatic rings. The van der Waals surface area contributed by atoms with Crippen molar-refractivity contribution in [2.45, 2.75) is 46.0 Å². The third-order valence-electron chi connectivity index (χ3n) is 3.77. The quantitative estimate of drug-likeness (QED) is 0.758. The molecule has 1 unspecified atom stereocenters. The van der Waals surface area contributed by atoms with Gasteiger partial charge in [0, 0.05) is 11.9 Å². The third kappa shape index (κ3) is 3.23. The fraction of sp³-hybridized carbons (Fsp3) is 0.389. The summed E-state index contributed by atoms with van der Waals surface area (Å²) in [5.74, 6) is 1.08. The van der Waals surface area contributed by atoms with Gasteiger partial charge in [-0.25, -0.2) is 0 Å². The lowest BCUT2D eigenvalue weighted by Gasteiger charge is -2.19. The Bertz CT molecular complexity index is 543. The molecule has 0 N–H and O–H groups in total. The number of benzene rings is 1. The highest BCUT2D eigenvalue weighted by atomic mass is 14.7. The van der Waals surface area contributed by atoms with E-state index in [0.29, 0.717) is 11.8 Å². The Labute approximate surface area is 116 Å². The number of aromatic nitrogens is 1. The highest BCUT2D eigenvalue weighted by Gasteiger charge is 2.14. The van der Waals surface area contributed by atoms with Crippen molar-refractivity contribution < 1.29 is 0 Å². The minimum atomic E-state index is 0.507. The molecule has 1 heteroatoms. The zero-order valence-corrected chi connectivity index (χ0v) is 12.4. The molecule has 0 fully saturated rings. The van der Waals surface area contributed by atoms with Gasteiger partial charge in [-0.3, -0.25) is 4.98 Å². The molecule has 100 valence electrons. The molecule has 0 saturated carbocycles. The molecule has 0 aliphatic carbocycles. The van der Waals surface area contributed by atoms with Crippen LogP contribution in [0.5, 0.6) is 0 Å². The second-order valence-electron chi connectivity index (χ2n) is 5.66. The number of hydrogen-bond acceptors (Lipinski definition) is 1. The first-order chi connectivity index (χ1) is 9.09. The van der Waals surface area contributed by atoms with E-state index in [1.165, 1.54) is 22.4 Å². The maximum Gasteiger partial charge on any atom is 0.0438 e. The SMILES string of the molecule is Cc1cccnc1CC(C)c1ccccc1C(C)C. The molecule has 1 atom stereocenters. The zero-order valence-electron chi connectivity index (χ0n) is 12.4. The van der Waals surface area contributed by atoms with Crippen molar-refractivity contribution in [3.63, 3.8) is 0 Å². The summed E-state index contributed by atoms with van der Waals surface area (Å²) in [5, 5.41) is 0. The second-order valence-corrected chi connectivity index (χ2v) is 5.66. The van der Waals surface area contributed by atoms with Crippen LogP contribution in [0.4, 0.5) is 0 Å². The minimum Gasteiger partial charge on any atom is -0.261 e. The Kier molecular flexibility index (Phi) is 4.36. The normalized spacial score (nSPS) is 12.7. The lowest BCUT2D eigenvalue weighted by atomic mass is 9.87. The molecular weight excluding hydrogens is 230 g/mol. The van der Waals surface area contributed by atoms with Crippen LogP contribution in [0.2, 0.25) is 0 Å². The van der Waals surface area contributed by atoms with Gasteiger partial charge in [0.15, 0.2) is 0 Å². The predicted octanol–water partition coefficient (Wildman–Crippen LogP) is 4.86. The van der Waals surface area contributed by atoms with Gasteiger partial charge in [-0.1, -0.05) is 51.1 Å². The van der Waals surface area contributed by atoms with E-state index in [1.807, 2.05) is 12.3 Å². The Morgan fingerprint density at radius 1 is 0.947 bits per heavy atom. The van der Waals surface area contributed by atoms with Gasteiger partial charge < -0.3 is 0 Å². The third-order valence-corrected chi connectivity index (χ3v) is 3.77. The van der Waals surface area contributed by atoms with Crippen LogP contribution in [0.3, 0.4) is 0 Å². The number of rotatable bonds is 4. The van der Waals surface area contributed by atoms with Crippen molar-refractivity contribution in [2.75, 3.05) is 0 Å². The summed E-state index contributed by atoms with van der Waals surface area (Å²) < 4.78 is 0. The summed E-state index contributed by atoms with van der Waals surface area (Å²) in [4.78, 5) is 4.52. The predicted molar refractivity (Wildman–Crippen MR) is 81.6 cm³/mol. The fourth-order valence-corrected chi connectivity index (χ4v) is 2.62. The van der Waals surface area contributed by atoms with E-state index in [2.05, 4.69) is 63.0 Å². The standard InChI is InChI=1S/C18H23N/c1-13(2)16-9-5-6-10-17(16)15(4)12-18-14(3)8-7-11-19-18/h5-11,13,15H,12H2,1-4H3. The largest absolute Gasteiger partial charge is 0.261 e. The summed E-state index contributed by atoms with van der Waals surface area (Å²) in [7, 11) is 0. The molecule has 1 aromatic heterocycles. The van der Waals surface area contributed by atoms with Crippen molar-refractivity contribution in [2.24, 2.45) is 0 Å². The van der Waals surface area contributed by atoms with Crippen LogP contribution >= 0.6 is 0 Å². The van der Waals surface area contributed by atoms with Gasteiger partial charge in [0.25, 0.3) is 0 Å². The van der Waals surface area contributed by atoms with Crippen molar-refractivity contribution >= 4 is 0 Å². The first-order valence-corrected chi connectivity index (χ1v) is 7.09. The molecule has 1 heterocycles. The molecule has 0 radical (unpaired) electrons.